The minimum atomic E-state index is -0.0996. The molecule has 0 atom stereocenters. The molecule has 0 unspecified atom stereocenters. The average molecular weight is 344 g/mol. The Hall–Kier alpha value is -1.22. The molecule has 0 amide bonds. The number of hydrogen-bond donors (Lipinski definition) is 0. The molecule has 0 saturated carbocycles. The van der Waals surface area contributed by atoms with Crippen LogP contribution in [-0.2, 0) is 6.42 Å². The highest BCUT2D eigenvalue weighted by Crippen LogP contribution is 2.30. The lowest BCUT2D eigenvalue weighted by molar-refractivity contribution is 0.0983. The van der Waals surface area contributed by atoms with Crippen LogP contribution < -0.4 is 4.74 Å². The summed E-state index contributed by atoms with van der Waals surface area (Å²) < 4.78 is 5.09. The van der Waals surface area contributed by atoms with E-state index >= 15 is 0 Å². The molecule has 2 aromatic rings. The minimum absolute atomic E-state index is 0.0996. The molecule has 2 rings (SSSR count). The van der Waals surface area contributed by atoms with Crippen molar-refractivity contribution in [1.29, 1.82) is 0 Å². The number of rotatable bonds is 5. The third kappa shape index (κ3) is 4.13. The van der Waals surface area contributed by atoms with Gasteiger partial charge in [-0.05, 0) is 36.2 Å². The second-order valence-electron chi connectivity index (χ2n) is 4.52. The quantitative estimate of drug-likeness (QED) is 0.673. The van der Waals surface area contributed by atoms with Gasteiger partial charge in [0.2, 0.25) is 0 Å². The molecule has 0 aromatic heterocycles. The smallest absolute Gasteiger partial charge is 0.166 e. The van der Waals surface area contributed by atoms with E-state index in [9.17, 15) is 4.79 Å². The molecule has 0 radical (unpaired) electrons. The Morgan fingerprint density at radius 3 is 2.14 bits per heavy atom. The van der Waals surface area contributed by atoms with Crippen LogP contribution in [0.1, 0.15) is 22.3 Å². The van der Waals surface area contributed by atoms with E-state index in [2.05, 4.69) is 0 Å². The fourth-order valence-corrected chi connectivity index (χ4v) is 3.01. The molecular weight excluding hydrogens is 331 g/mol. The fraction of sp³-hybridized carbons (Fsp3) is 0.188. The molecule has 0 aliphatic heterocycles. The molecule has 2 nitrogen and oxygen atoms in total. The van der Waals surface area contributed by atoms with Crippen molar-refractivity contribution in [2.24, 2.45) is 0 Å². The number of ketones is 1. The Labute approximate surface area is 138 Å². The summed E-state index contributed by atoms with van der Waals surface area (Å²) in [6.45, 7) is 0. The summed E-state index contributed by atoms with van der Waals surface area (Å²) in [4.78, 5) is 12.3. The van der Waals surface area contributed by atoms with Crippen LogP contribution in [-0.4, -0.2) is 12.9 Å². The third-order valence-electron chi connectivity index (χ3n) is 3.09. The lowest BCUT2D eigenvalue weighted by Gasteiger charge is -2.07. The molecule has 5 heteroatoms. The maximum Gasteiger partial charge on any atom is 0.166 e. The molecular formula is C16H13Cl3O2. The summed E-state index contributed by atoms with van der Waals surface area (Å²) in [5.74, 6) is 0.686. The second-order valence-corrected chi connectivity index (χ2v) is 5.77. The first kappa shape index (κ1) is 16.2. The average Bonchev–Trinajstić information content (AvgIpc) is 2.44. The molecule has 110 valence electrons. The van der Waals surface area contributed by atoms with E-state index in [0.29, 0.717) is 23.4 Å². The van der Waals surface area contributed by atoms with Crippen LogP contribution in [0.4, 0.5) is 0 Å². The molecule has 0 spiro atoms. The van der Waals surface area contributed by atoms with Crippen molar-refractivity contribution >= 4 is 40.6 Å². The predicted octanol–water partition coefficient (Wildman–Crippen LogP) is 5.47. The number of carbonyl (C=O) groups is 1. The van der Waals surface area contributed by atoms with Gasteiger partial charge in [0, 0.05) is 11.4 Å². The van der Waals surface area contributed by atoms with Crippen molar-refractivity contribution in [2.45, 2.75) is 12.8 Å². The van der Waals surface area contributed by atoms with Crippen LogP contribution in [0.15, 0.2) is 36.4 Å². The van der Waals surface area contributed by atoms with Crippen LogP contribution in [0, 0.1) is 0 Å². The van der Waals surface area contributed by atoms with Gasteiger partial charge in [-0.3, -0.25) is 4.79 Å². The Bertz CT molecular complexity index is 628. The molecule has 0 N–H and O–H groups in total. The van der Waals surface area contributed by atoms with Gasteiger partial charge in [-0.2, -0.15) is 0 Å². The van der Waals surface area contributed by atoms with Gasteiger partial charge in [0.15, 0.2) is 5.78 Å². The zero-order chi connectivity index (χ0) is 15.4. The summed E-state index contributed by atoms with van der Waals surface area (Å²) in [7, 11) is 1.61. The topological polar surface area (TPSA) is 26.3 Å². The van der Waals surface area contributed by atoms with Crippen molar-refractivity contribution in [3.8, 4) is 5.75 Å². The van der Waals surface area contributed by atoms with Gasteiger partial charge in [-0.25, -0.2) is 0 Å². The van der Waals surface area contributed by atoms with Gasteiger partial charge in [-0.1, -0.05) is 46.9 Å². The number of halogens is 3. The summed E-state index contributed by atoms with van der Waals surface area (Å²) in [6, 6.07) is 10.6. The summed E-state index contributed by atoms with van der Waals surface area (Å²) in [5, 5.41) is 0.983. The summed E-state index contributed by atoms with van der Waals surface area (Å²) in [5.41, 5.74) is 1.38. The van der Waals surface area contributed by atoms with Gasteiger partial charge in [0.25, 0.3) is 0 Å². The van der Waals surface area contributed by atoms with E-state index in [0.717, 1.165) is 11.3 Å². The Kier molecular flexibility index (Phi) is 5.51. The molecule has 2 aromatic carbocycles. The van der Waals surface area contributed by atoms with Crippen LogP contribution in [0.5, 0.6) is 5.75 Å². The highest BCUT2D eigenvalue weighted by atomic mass is 35.5. The molecule has 0 heterocycles. The highest BCUT2D eigenvalue weighted by Gasteiger charge is 2.15. The first-order valence-corrected chi connectivity index (χ1v) is 7.45. The Balaban J connectivity index is 2.08. The first-order chi connectivity index (χ1) is 10.0. The van der Waals surface area contributed by atoms with E-state index in [-0.39, 0.29) is 15.8 Å². The van der Waals surface area contributed by atoms with Crippen molar-refractivity contribution in [3.05, 3.63) is 62.6 Å². The maximum absolute atomic E-state index is 12.3. The number of carbonyl (C=O) groups excluding carboxylic acids is 1. The van der Waals surface area contributed by atoms with E-state index < -0.39 is 0 Å². The zero-order valence-corrected chi connectivity index (χ0v) is 13.6. The largest absolute Gasteiger partial charge is 0.497 e. The van der Waals surface area contributed by atoms with E-state index in [4.69, 9.17) is 39.5 Å². The van der Waals surface area contributed by atoms with Gasteiger partial charge < -0.3 is 4.74 Å². The lowest BCUT2D eigenvalue weighted by Crippen LogP contribution is -2.03. The number of ether oxygens (including phenoxy) is 1. The number of benzene rings is 2. The van der Waals surface area contributed by atoms with Gasteiger partial charge >= 0.3 is 0 Å². The summed E-state index contributed by atoms with van der Waals surface area (Å²) >= 11 is 17.9. The SMILES string of the molecule is COc1ccc(CCC(=O)c2c(Cl)cc(Cl)cc2Cl)cc1. The van der Waals surface area contributed by atoms with Crippen molar-refractivity contribution in [1.82, 2.24) is 0 Å². The normalized spacial score (nSPS) is 10.5. The van der Waals surface area contributed by atoms with Gasteiger partial charge in [-0.15, -0.1) is 0 Å². The van der Waals surface area contributed by atoms with Crippen LogP contribution in [0.25, 0.3) is 0 Å². The zero-order valence-electron chi connectivity index (χ0n) is 11.3. The standard InChI is InChI=1S/C16H13Cl3O2/c1-21-12-5-2-10(3-6-12)4-7-15(20)16-13(18)8-11(17)9-14(16)19/h2-3,5-6,8-9H,4,7H2,1H3. The lowest BCUT2D eigenvalue weighted by atomic mass is 10.0. The molecule has 0 aliphatic carbocycles. The minimum Gasteiger partial charge on any atom is -0.497 e. The van der Waals surface area contributed by atoms with Crippen LogP contribution in [0.3, 0.4) is 0 Å². The van der Waals surface area contributed by atoms with Crippen LogP contribution in [0.2, 0.25) is 15.1 Å². The highest BCUT2D eigenvalue weighted by molar-refractivity contribution is 6.42. The second kappa shape index (κ2) is 7.17. The van der Waals surface area contributed by atoms with E-state index in [1.807, 2.05) is 24.3 Å². The number of hydrogen-bond acceptors (Lipinski definition) is 2. The van der Waals surface area contributed by atoms with Crippen molar-refractivity contribution in [3.63, 3.8) is 0 Å². The van der Waals surface area contributed by atoms with E-state index in [1.165, 1.54) is 12.1 Å². The van der Waals surface area contributed by atoms with Crippen LogP contribution >= 0.6 is 34.8 Å². The third-order valence-corrected chi connectivity index (χ3v) is 3.90. The first-order valence-electron chi connectivity index (χ1n) is 6.32. The number of Topliss-reactive ketones (excluding diaryl/α,β-unsaturated/α-hetero) is 1. The van der Waals surface area contributed by atoms with E-state index in [1.54, 1.807) is 7.11 Å². The van der Waals surface area contributed by atoms with Crippen molar-refractivity contribution < 1.29 is 9.53 Å². The molecule has 0 aliphatic rings. The molecule has 0 bridgehead atoms. The Morgan fingerprint density at radius 1 is 1.05 bits per heavy atom. The Morgan fingerprint density at radius 2 is 1.62 bits per heavy atom. The van der Waals surface area contributed by atoms with Gasteiger partial charge in [0.1, 0.15) is 5.75 Å². The maximum atomic E-state index is 12.3. The van der Waals surface area contributed by atoms with Crippen molar-refractivity contribution in [2.75, 3.05) is 7.11 Å². The molecule has 0 saturated heterocycles. The van der Waals surface area contributed by atoms with Gasteiger partial charge in [0.05, 0.1) is 22.7 Å². The molecule has 0 fully saturated rings. The number of methoxy groups -OCH3 is 1. The summed E-state index contributed by atoms with van der Waals surface area (Å²) in [6.07, 6.45) is 0.936. The molecule has 21 heavy (non-hydrogen) atoms. The fourth-order valence-electron chi connectivity index (χ4n) is 1.98. The monoisotopic (exact) mass is 342 g/mol. The predicted molar refractivity (Wildman–Crippen MR) is 87.1 cm³/mol. The number of aryl methyl sites for hydroxylation is 1.